The number of carbonyl (C=O) groups is 2. The first-order valence-electron chi connectivity index (χ1n) is 6.61. The van der Waals surface area contributed by atoms with Gasteiger partial charge in [0.05, 0.1) is 5.41 Å². The molecule has 1 heterocycles. The number of nitrogens with zero attached hydrogens (tertiary/aromatic N) is 1. The van der Waals surface area contributed by atoms with E-state index in [0.717, 1.165) is 6.42 Å². The van der Waals surface area contributed by atoms with E-state index >= 15 is 0 Å². The SMILES string of the molecule is CC(C)CCNC(=O)N1CCC(C)(C(=O)O)CC1. The van der Waals surface area contributed by atoms with Crippen LogP contribution in [0, 0.1) is 11.3 Å². The molecule has 1 aliphatic rings. The second kappa shape index (κ2) is 6.07. The van der Waals surface area contributed by atoms with E-state index in [9.17, 15) is 9.59 Å². The molecule has 1 saturated heterocycles. The Hall–Kier alpha value is -1.26. The second-order valence-corrected chi connectivity index (χ2v) is 5.77. The molecule has 1 aliphatic heterocycles. The number of hydrogen-bond donors (Lipinski definition) is 2. The molecule has 0 aliphatic carbocycles. The van der Waals surface area contributed by atoms with Crippen molar-refractivity contribution >= 4 is 12.0 Å². The molecule has 0 spiro atoms. The van der Waals surface area contributed by atoms with Crippen molar-refractivity contribution in [3.05, 3.63) is 0 Å². The van der Waals surface area contributed by atoms with E-state index in [4.69, 9.17) is 5.11 Å². The van der Waals surface area contributed by atoms with Crippen LogP contribution in [0.4, 0.5) is 4.79 Å². The molecule has 0 aromatic rings. The number of urea groups is 1. The number of amides is 2. The number of hydrogen-bond acceptors (Lipinski definition) is 2. The first-order valence-corrected chi connectivity index (χ1v) is 6.61. The Balaban J connectivity index is 2.34. The molecule has 0 unspecified atom stereocenters. The zero-order valence-electron chi connectivity index (χ0n) is 11.5. The van der Waals surface area contributed by atoms with Gasteiger partial charge in [0.2, 0.25) is 0 Å². The average molecular weight is 256 g/mol. The van der Waals surface area contributed by atoms with Crippen molar-refractivity contribution in [2.75, 3.05) is 19.6 Å². The summed E-state index contributed by atoms with van der Waals surface area (Å²) in [5, 5.41) is 12.0. The van der Waals surface area contributed by atoms with Crippen molar-refractivity contribution in [1.29, 1.82) is 0 Å². The maximum atomic E-state index is 11.8. The highest BCUT2D eigenvalue weighted by Gasteiger charge is 2.37. The van der Waals surface area contributed by atoms with E-state index in [1.165, 1.54) is 0 Å². The fourth-order valence-corrected chi connectivity index (χ4v) is 2.00. The standard InChI is InChI=1S/C13H24N2O3/c1-10(2)4-7-14-12(18)15-8-5-13(3,6-9-15)11(16)17/h10H,4-9H2,1-3H3,(H,14,18)(H,16,17). The maximum absolute atomic E-state index is 11.8. The lowest BCUT2D eigenvalue weighted by Crippen LogP contribution is -2.48. The van der Waals surface area contributed by atoms with Crippen LogP contribution in [0.15, 0.2) is 0 Å². The van der Waals surface area contributed by atoms with Gasteiger partial charge in [0.1, 0.15) is 0 Å². The number of rotatable bonds is 4. The van der Waals surface area contributed by atoms with Gasteiger partial charge in [-0.3, -0.25) is 4.79 Å². The molecule has 1 fully saturated rings. The predicted octanol–water partition coefficient (Wildman–Crippen LogP) is 1.93. The molecule has 0 saturated carbocycles. The Bertz CT molecular complexity index is 307. The molecule has 0 aromatic carbocycles. The van der Waals surface area contributed by atoms with Crippen LogP contribution < -0.4 is 5.32 Å². The highest BCUT2D eigenvalue weighted by molar-refractivity contribution is 5.76. The van der Waals surface area contributed by atoms with E-state index in [1.807, 2.05) is 0 Å². The minimum Gasteiger partial charge on any atom is -0.481 e. The third-order valence-corrected chi connectivity index (χ3v) is 3.67. The molecule has 0 atom stereocenters. The summed E-state index contributed by atoms with van der Waals surface area (Å²) in [4.78, 5) is 24.6. The molecular weight excluding hydrogens is 232 g/mol. The fourth-order valence-electron chi connectivity index (χ4n) is 2.00. The summed E-state index contributed by atoms with van der Waals surface area (Å²) in [5.74, 6) is -0.190. The highest BCUT2D eigenvalue weighted by Crippen LogP contribution is 2.30. The molecule has 1 rings (SSSR count). The lowest BCUT2D eigenvalue weighted by molar-refractivity contribution is -0.150. The van der Waals surface area contributed by atoms with E-state index < -0.39 is 11.4 Å². The van der Waals surface area contributed by atoms with Crippen LogP contribution in [-0.2, 0) is 4.79 Å². The molecule has 5 nitrogen and oxygen atoms in total. The third kappa shape index (κ3) is 3.89. The summed E-state index contributed by atoms with van der Waals surface area (Å²) < 4.78 is 0. The van der Waals surface area contributed by atoms with E-state index in [-0.39, 0.29) is 6.03 Å². The van der Waals surface area contributed by atoms with Crippen LogP contribution in [0.1, 0.15) is 40.0 Å². The molecule has 2 N–H and O–H groups in total. The first kappa shape index (κ1) is 14.8. The van der Waals surface area contributed by atoms with Crippen LogP contribution in [0.5, 0.6) is 0 Å². The number of carboxylic acids is 1. The van der Waals surface area contributed by atoms with Gasteiger partial charge in [0.15, 0.2) is 0 Å². The minimum atomic E-state index is -0.762. The van der Waals surface area contributed by atoms with Gasteiger partial charge in [-0.15, -0.1) is 0 Å². The van der Waals surface area contributed by atoms with Crippen LogP contribution in [-0.4, -0.2) is 41.6 Å². The Labute approximate surface area is 109 Å². The number of carbonyl (C=O) groups excluding carboxylic acids is 1. The highest BCUT2D eigenvalue weighted by atomic mass is 16.4. The van der Waals surface area contributed by atoms with Gasteiger partial charge in [-0.2, -0.15) is 0 Å². The van der Waals surface area contributed by atoms with Crippen LogP contribution in [0.3, 0.4) is 0 Å². The smallest absolute Gasteiger partial charge is 0.317 e. The second-order valence-electron chi connectivity index (χ2n) is 5.77. The van der Waals surface area contributed by atoms with E-state index in [0.29, 0.717) is 38.4 Å². The summed E-state index contributed by atoms with van der Waals surface area (Å²) in [6.45, 7) is 7.72. The monoisotopic (exact) mass is 256 g/mol. The van der Waals surface area contributed by atoms with Gasteiger partial charge in [-0.1, -0.05) is 13.8 Å². The number of nitrogens with one attached hydrogen (secondary N) is 1. The molecular formula is C13H24N2O3. The van der Waals surface area contributed by atoms with Gasteiger partial charge >= 0.3 is 12.0 Å². The topological polar surface area (TPSA) is 69.6 Å². The summed E-state index contributed by atoms with van der Waals surface area (Å²) in [6.07, 6.45) is 2.02. The normalized spacial score (nSPS) is 18.8. The van der Waals surface area contributed by atoms with Crippen LogP contribution >= 0.6 is 0 Å². The Morgan fingerprint density at radius 1 is 1.33 bits per heavy atom. The molecule has 0 radical (unpaired) electrons. The quantitative estimate of drug-likeness (QED) is 0.807. The van der Waals surface area contributed by atoms with Crippen molar-refractivity contribution in [2.45, 2.75) is 40.0 Å². The number of carboxylic acid groups (broad SMARTS) is 1. The summed E-state index contributed by atoms with van der Waals surface area (Å²) in [5.41, 5.74) is -0.672. The largest absolute Gasteiger partial charge is 0.481 e. The molecule has 2 amide bonds. The number of aliphatic carboxylic acids is 1. The lowest BCUT2D eigenvalue weighted by Gasteiger charge is -2.36. The lowest BCUT2D eigenvalue weighted by atomic mass is 9.80. The average Bonchev–Trinajstić information content (AvgIpc) is 2.29. The van der Waals surface area contributed by atoms with Gasteiger partial charge in [-0.05, 0) is 32.1 Å². The maximum Gasteiger partial charge on any atom is 0.317 e. The zero-order valence-corrected chi connectivity index (χ0v) is 11.5. The van der Waals surface area contributed by atoms with Gasteiger partial charge in [-0.25, -0.2) is 4.79 Å². The van der Waals surface area contributed by atoms with Crippen molar-refractivity contribution in [3.8, 4) is 0 Å². The fraction of sp³-hybridized carbons (Fsp3) is 0.846. The van der Waals surface area contributed by atoms with Crippen molar-refractivity contribution in [3.63, 3.8) is 0 Å². The molecule has 0 aromatic heterocycles. The van der Waals surface area contributed by atoms with Crippen molar-refractivity contribution < 1.29 is 14.7 Å². The van der Waals surface area contributed by atoms with E-state index in [1.54, 1.807) is 11.8 Å². The Morgan fingerprint density at radius 2 is 1.89 bits per heavy atom. The van der Waals surface area contributed by atoms with E-state index in [2.05, 4.69) is 19.2 Å². The third-order valence-electron chi connectivity index (χ3n) is 3.67. The zero-order chi connectivity index (χ0) is 13.8. The van der Waals surface area contributed by atoms with Crippen molar-refractivity contribution in [2.24, 2.45) is 11.3 Å². The molecule has 18 heavy (non-hydrogen) atoms. The van der Waals surface area contributed by atoms with Crippen molar-refractivity contribution in [1.82, 2.24) is 10.2 Å². The first-order chi connectivity index (χ1) is 8.35. The number of likely N-dealkylation sites (tertiary alicyclic amines) is 1. The van der Waals surface area contributed by atoms with Gasteiger partial charge in [0, 0.05) is 19.6 Å². The van der Waals surface area contributed by atoms with Gasteiger partial charge < -0.3 is 15.3 Å². The Kier molecular flexibility index (Phi) is 4.99. The van der Waals surface area contributed by atoms with Crippen LogP contribution in [0.2, 0.25) is 0 Å². The van der Waals surface area contributed by atoms with Crippen LogP contribution in [0.25, 0.3) is 0 Å². The predicted molar refractivity (Wildman–Crippen MR) is 69.4 cm³/mol. The summed E-state index contributed by atoms with van der Waals surface area (Å²) in [6, 6.07) is -0.0666. The number of piperidine rings is 1. The molecule has 5 heteroatoms. The Morgan fingerprint density at radius 3 is 2.33 bits per heavy atom. The summed E-state index contributed by atoms with van der Waals surface area (Å²) in [7, 11) is 0. The van der Waals surface area contributed by atoms with Gasteiger partial charge in [0.25, 0.3) is 0 Å². The molecule has 104 valence electrons. The summed E-state index contributed by atoms with van der Waals surface area (Å²) >= 11 is 0. The molecule has 0 bridgehead atoms. The minimum absolute atomic E-state index is 0.0666.